The molecule has 0 spiro atoms. The fourth-order valence-electron chi connectivity index (χ4n) is 7.63. The van der Waals surface area contributed by atoms with Crippen molar-refractivity contribution in [1.29, 1.82) is 0 Å². The first-order chi connectivity index (χ1) is 32.9. The summed E-state index contributed by atoms with van der Waals surface area (Å²) in [5, 5.41) is -0.978. The van der Waals surface area contributed by atoms with Gasteiger partial charge in [0.2, 0.25) is 0 Å². The molecule has 72 heavy (non-hydrogen) atoms. The van der Waals surface area contributed by atoms with Gasteiger partial charge in [0, 0.05) is 87.9 Å². The van der Waals surface area contributed by atoms with E-state index in [4.69, 9.17) is 23.8 Å². The van der Waals surface area contributed by atoms with Crippen LogP contribution in [-0.2, 0) is 111 Å². The molecule has 2 aliphatic carbocycles. The van der Waals surface area contributed by atoms with Gasteiger partial charge in [-0.15, -0.1) is 0 Å². The Morgan fingerprint density at radius 3 is 1.57 bits per heavy atom. The van der Waals surface area contributed by atoms with Crippen LogP contribution in [0, 0.1) is 35.0 Å². The molecule has 11 nitrogen and oxygen atoms in total. The minimum atomic E-state index is -7.09. The molecular formula is C47H56AuF6NO10PS6. The van der Waals surface area contributed by atoms with E-state index in [2.05, 4.69) is 67.1 Å². The topological polar surface area (TPSA) is 150 Å². The van der Waals surface area contributed by atoms with Crippen LogP contribution < -0.4 is 15.9 Å². The second kappa shape index (κ2) is 31.6. The van der Waals surface area contributed by atoms with Crippen LogP contribution in [-0.4, -0.2) is 70.9 Å². The predicted octanol–water partition coefficient (Wildman–Crippen LogP) is 8.73. The molecule has 0 aromatic heterocycles. The number of rotatable bonds is 9. The fourth-order valence-corrected chi connectivity index (χ4v) is 18.6. The minimum Gasteiger partial charge on any atom is 0 e. The van der Waals surface area contributed by atoms with Gasteiger partial charge in [0.05, 0.1) is 12.0 Å². The maximum absolute atomic E-state index is 13.8. The molecule has 0 N–H and O–H groups in total. The number of alkyl halides is 6. The normalized spacial score (nSPS) is 20.0. The molecule has 1 fully saturated rings. The van der Waals surface area contributed by atoms with Crippen LogP contribution in [0.25, 0.3) is 0 Å². The van der Waals surface area contributed by atoms with Crippen molar-refractivity contribution in [3.63, 3.8) is 0 Å². The van der Waals surface area contributed by atoms with Crippen molar-refractivity contribution in [3.8, 4) is 11.8 Å². The summed E-state index contributed by atoms with van der Waals surface area (Å²) in [6.45, 7) is 9.68. The standard InChI is InChI=1S/C20H16F6NO4PS2.C13H18O3.C12H18O.CO2.CH4.Au.S4/c21-19(22,23)33(28,29)27(34(30,31)20(24,25)26)32(16-10-4-1-5-11-16,17-12-6-2-7-13-17)18-14-8-3-9-15-18;1-9-5-4-6-10-11(7-8-15-3)16-12(14)13(9,10)2;1-10-6-4-7-12(11(10)2)8-5-9-13-3;2-1-3;;;1-3-4-2/h1-15,32H;6-7,9H,4-5,8H2,1-3H3;7,10-11H,4,6,9H2,1-3H3;;1H4;;/b;11-7+;;;;;/t;9-,13-;10-,11+;;;;/m.11..../s1. The third-order valence-corrected chi connectivity index (χ3v) is 24.1. The van der Waals surface area contributed by atoms with E-state index >= 15 is 0 Å². The molecule has 3 aromatic rings. The average Bonchev–Trinajstić information content (AvgIpc) is 3.58. The van der Waals surface area contributed by atoms with E-state index in [-0.39, 0.29) is 57.8 Å². The van der Waals surface area contributed by atoms with Crippen LogP contribution in [0.2, 0.25) is 0 Å². The molecular weight excluding hydrogens is 1270 g/mol. The van der Waals surface area contributed by atoms with E-state index in [1.54, 1.807) is 14.2 Å². The van der Waals surface area contributed by atoms with Gasteiger partial charge in [-0.05, 0) is 56.4 Å². The average molecular weight is 1330 g/mol. The van der Waals surface area contributed by atoms with Crippen LogP contribution in [0.4, 0.5) is 26.3 Å². The molecule has 4 atom stereocenters. The molecule has 0 saturated carbocycles. The second-order valence-electron chi connectivity index (χ2n) is 15.6. The number of allylic oxidation sites excluding steroid dienone is 4. The number of methoxy groups -OCH3 is 2. The summed E-state index contributed by atoms with van der Waals surface area (Å²) < 4.78 is 148. The van der Waals surface area contributed by atoms with E-state index < -0.39 is 47.4 Å². The molecule has 1 heterocycles. The molecule has 6 rings (SSSR count). The van der Waals surface area contributed by atoms with E-state index in [1.807, 2.05) is 13.0 Å². The number of hydrogen-bond acceptors (Lipinski definition) is 12. The summed E-state index contributed by atoms with van der Waals surface area (Å²) in [4.78, 5) is 28.2. The number of cyclic esters (lactones) is 1. The Morgan fingerprint density at radius 2 is 1.19 bits per heavy atom. The number of halogens is 6. The molecule has 25 heteroatoms. The Morgan fingerprint density at radius 1 is 0.778 bits per heavy atom. The smallest absolute Gasteiger partial charge is 0 e. The number of carbonyl (C=O) groups excluding carboxylic acids is 3. The van der Waals surface area contributed by atoms with Gasteiger partial charge < -0.3 is 14.2 Å². The molecule has 1 saturated heterocycles. The van der Waals surface area contributed by atoms with Crippen LogP contribution in [0.3, 0.4) is 0 Å². The van der Waals surface area contributed by atoms with Crippen molar-refractivity contribution in [2.75, 3.05) is 27.4 Å². The molecule has 1 aliphatic heterocycles. The molecule has 0 bridgehead atoms. The number of nitrogens with zero attached hydrogens (tertiary/aromatic N) is 1. The van der Waals surface area contributed by atoms with Gasteiger partial charge >= 0.3 is 204 Å². The first-order valence-electron chi connectivity index (χ1n) is 20.8. The fraction of sp³-hybridized carbons (Fsp3) is 0.404. The summed E-state index contributed by atoms with van der Waals surface area (Å²) in [5.41, 5.74) is -10.8. The second-order valence-corrected chi connectivity index (χ2v) is 27.1. The SMILES string of the molecule is C.COC/C=C1/OC(=O)[C@@]2(C)C1=CCC[C@H]2C.COCC#CC1=CCC[C@@H](C)[C@@H]1C.O=C=O.O=S(=O)(N([PH](c1ccccc1)(c1ccccc1)c1ccccc1)S(=O)(=O)C(F)(F)F)C(F)(F)F.S=S=S=S.[Au]. The third kappa shape index (κ3) is 16.9. The van der Waals surface area contributed by atoms with E-state index in [1.165, 1.54) is 90.8 Å². The van der Waals surface area contributed by atoms with Crippen LogP contribution in [0.15, 0.2) is 126 Å². The van der Waals surface area contributed by atoms with Gasteiger partial charge in [0.1, 0.15) is 12.4 Å². The summed E-state index contributed by atoms with van der Waals surface area (Å²) >= 11 is 8.66. The van der Waals surface area contributed by atoms with Gasteiger partial charge in [-0.1, -0.05) is 52.2 Å². The van der Waals surface area contributed by atoms with Gasteiger partial charge in [0.15, 0.2) is 0 Å². The van der Waals surface area contributed by atoms with Crippen molar-refractivity contribution in [2.24, 2.45) is 23.2 Å². The molecule has 0 amide bonds. The van der Waals surface area contributed by atoms with Gasteiger partial charge in [-0.3, -0.25) is 4.79 Å². The Kier molecular flexibility index (Phi) is 30.1. The first-order valence-corrected chi connectivity index (χ1v) is 29.7. The van der Waals surface area contributed by atoms with Crippen molar-refractivity contribution < 1.29 is 94.2 Å². The molecule has 3 aromatic carbocycles. The van der Waals surface area contributed by atoms with Gasteiger partial charge in [0.25, 0.3) is 0 Å². The Labute approximate surface area is 450 Å². The molecule has 1 radical (unpaired) electrons. The molecule has 403 valence electrons. The number of benzene rings is 3. The van der Waals surface area contributed by atoms with Crippen LogP contribution in [0.5, 0.6) is 0 Å². The summed E-state index contributed by atoms with van der Waals surface area (Å²) in [6, 6.07) is 18.4. The number of carbonyl (C=O) groups is 1. The van der Waals surface area contributed by atoms with Crippen molar-refractivity contribution >= 4 is 95.6 Å². The van der Waals surface area contributed by atoms with Crippen LogP contribution >= 0.6 is 7.41 Å². The maximum Gasteiger partial charge on any atom is 0 e. The largest absolute Gasteiger partial charge is 0 e. The number of ether oxygens (including phenoxy) is 3. The molecule has 0 unspecified atom stereocenters. The van der Waals surface area contributed by atoms with Gasteiger partial charge in [-0.2, -0.15) is 9.59 Å². The number of esters is 1. The predicted molar refractivity (Wildman–Crippen MR) is 275 cm³/mol. The van der Waals surface area contributed by atoms with E-state index in [9.17, 15) is 48.0 Å². The Hall–Kier alpha value is -3.30. The van der Waals surface area contributed by atoms with Crippen molar-refractivity contribution in [1.82, 2.24) is 3.48 Å². The minimum absolute atomic E-state index is 0. The Balaban J connectivity index is 0.00000110. The summed E-state index contributed by atoms with van der Waals surface area (Å²) in [5.74, 6) is 8.52. The number of fused-ring (bicyclic) bond motifs is 1. The van der Waals surface area contributed by atoms with Gasteiger partial charge in [-0.25, -0.2) is 0 Å². The summed E-state index contributed by atoms with van der Waals surface area (Å²) in [7, 11) is -13.9. The Bertz CT molecular complexity index is 2570. The number of hydrogen-bond donors (Lipinski definition) is 0. The first kappa shape index (κ1) is 68.7. The summed E-state index contributed by atoms with van der Waals surface area (Å²) in [6.07, 6.45) is 11.0. The van der Waals surface area contributed by atoms with E-state index in [0.29, 0.717) is 30.8 Å². The van der Waals surface area contributed by atoms with Crippen molar-refractivity contribution in [3.05, 3.63) is 126 Å². The quantitative estimate of drug-likeness (QED) is 0.0663. The zero-order valence-corrected chi connectivity index (χ0v) is 47.0. The third-order valence-electron chi connectivity index (χ3n) is 11.5. The number of sulfonamides is 2. The van der Waals surface area contributed by atoms with Crippen molar-refractivity contribution in [2.45, 2.75) is 71.8 Å². The maximum atomic E-state index is 13.8. The zero-order valence-electron chi connectivity index (χ0n) is 38.9. The molecule has 3 aliphatic rings. The van der Waals surface area contributed by atoms with E-state index in [0.717, 1.165) is 60.7 Å². The van der Waals surface area contributed by atoms with Crippen LogP contribution in [0.1, 0.15) is 60.8 Å². The zero-order chi connectivity index (χ0) is 53.0. The monoisotopic (exact) mass is 1330 g/mol.